The van der Waals surface area contributed by atoms with Crippen molar-refractivity contribution < 1.29 is 19.7 Å². The first-order valence-electron chi connectivity index (χ1n) is 13.3. The highest BCUT2D eigenvalue weighted by atomic mass is 16.5. The van der Waals surface area contributed by atoms with E-state index in [0.717, 1.165) is 5.69 Å². The van der Waals surface area contributed by atoms with E-state index < -0.39 is 17.9 Å². The zero-order valence-electron chi connectivity index (χ0n) is 23.3. The van der Waals surface area contributed by atoms with Crippen LogP contribution in [0, 0.1) is 0 Å². The Bertz CT molecular complexity index is 1270. The zero-order chi connectivity index (χ0) is 28.4. The SMILES string of the molecule is CC(C)N(CCCNC(=O)Nc1ccc(C(C)(C)C)cc1)C[C@H]1OC[C@@](O)(n2cnc3c(N)ncnc32)[C@@H]1O. The van der Waals surface area contributed by atoms with Crippen LogP contribution in [0.3, 0.4) is 0 Å². The Balaban J connectivity index is 1.28. The van der Waals surface area contributed by atoms with Crippen molar-refractivity contribution in [3.63, 3.8) is 0 Å². The fraction of sp³-hybridized carbons (Fsp3) is 0.556. The van der Waals surface area contributed by atoms with Gasteiger partial charge in [-0.15, -0.1) is 0 Å². The molecule has 6 N–H and O–H groups in total. The van der Waals surface area contributed by atoms with Crippen LogP contribution in [0.4, 0.5) is 16.3 Å². The van der Waals surface area contributed by atoms with E-state index in [1.807, 2.05) is 24.3 Å². The van der Waals surface area contributed by atoms with Gasteiger partial charge in [-0.1, -0.05) is 32.9 Å². The third kappa shape index (κ3) is 6.30. The number of ether oxygens (including phenoxy) is 1. The van der Waals surface area contributed by atoms with E-state index in [0.29, 0.717) is 37.2 Å². The van der Waals surface area contributed by atoms with Gasteiger partial charge in [0.05, 0.1) is 12.9 Å². The lowest BCUT2D eigenvalue weighted by molar-refractivity contribution is -0.109. The lowest BCUT2D eigenvalue weighted by Gasteiger charge is -2.32. The molecule has 0 radical (unpaired) electrons. The van der Waals surface area contributed by atoms with Gasteiger partial charge in [0.2, 0.25) is 0 Å². The molecule has 212 valence electrons. The van der Waals surface area contributed by atoms with E-state index in [1.54, 1.807) is 0 Å². The number of nitrogen functional groups attached to an aromatic ring is 1. The zero-order valence-corrected chi connectivity index (χ0v) is 23.3. The number of hydrogen-bond donors (Lipinski definition) is 5. The highest BCUT2D eigenvalue weighted by molar-refractivity contribution is 5.89. The number of carbonyl (C=O) groups is 1. The molecular weight excluding hydrogens is 500 g/mol. The summed E-state index contributed by atoms with van der Waals surface area (Å²) in [4.78, 5) is 26.8. The van der Waals surface area contributed by atoms with Gasteiger partial charge in [0, 0.05) is 31.4 Å². The molecule has 4 rings (SSSR count). The van der Waals surface area contributed by atoms with Crippen molar-refractivity contribution in [2.45, 2.75) is 70.4 Å². The molecule has 1 fully saturated rings. The Morgan fingerprint density at radius 2 is 1.97 bits per heavy atom. The van der Waals surface area contributed by atoms with Gasteiger partial charge in [0.15, 0.2) is 17.2 Å². The van der Waals surface area contributed by atoms with Crippen LogP contribution in [0.1, 0.15) is 46.6 Å². The number of nitrogens with one attached hydrogen (secondary N) is 2. The van der Waals surface area contributed by atoms with Gasteiger partial charge in [-0.05, 0) is 43.4 Å². The highest BCUT2D eigenvalue weighted by Gasteiger charge is 2.50. The minimum Gasteiger partial charge on any atom is -0.385 e. The van der Waals surface area contributed by atoms with E-state index in [4.69, 9.17) is 10.5 Å². The number of amides is 2. The largest absolute Gasteiger partial charge is 0.385 e. The number of anilines is 2. The van der Waals surface area contributed by atoms with Gasteiger partial charge in [0.1, 0.15) is 24.1 Å². The number of aliphatic hydroxyl groups is 2. The predicted molar refractivity (Wildman–Crippen MR) is 149 cm³/mol. The van der Waals surface area contributed by atoms with Gasteiger partial charge >= 0.3 is 6.03 Å². The van der Waals surface area contributed by atoms with Crippen molar-refractivity contribution in [3.05, 3.63) is 42.5 Å². The number of rotatable bonds is 9. The fourth-order valence-electron chi connectivity index (χ4n) is 4.71. The van der Waals surface area contributed by atoms with Crippen molar-refractivity contribution in [2.24, 2.45) is 0 Å². The summed E-state index contributed by atoms with van der Waals surface area (Å²) >= 11 is 0. The molecule has 0 spiro atoms. The summed E-state index contributed by atoms with van der Waals surface area (Å²) in [6, 6.07) is 7.76. The summed E-state index contributed by atoms with van der Waals surface area (Å²) in [7, 11) is 0. The molecule has 2 amide bonds. The number of nitrogens with zero attached hydrogens (tertiary/aromatic N) is 5. The first-order chi connectivity index (χ1) is 18.4. The molecule has 12 heteroatoms. The molecule has 2 aromatic heterocycles. The summed E-state index contributed by atoms with van der Waals surface area (Å²) in [5, 5.41) is 28.2. The average Bonchev–Trinajstić information content (AvgIpc) is 3.44. The molecule has 1 aliphatic rings. The van der Waals surface area contributed by atoms with Crippen molar-refractivity contribution in [2.75, 3.05) is 37.3 Å². The molecule has 3 heterocycles. The second-order valence-corrected chi connectivity index (χ2v) is 11.4. The summed E-state index contributed by atoms with van der Waals surface area (Å²) in [6.07, 6.45) is 1.52. The average molecular weight is 541 g/mol. The number of nitrogens with two attached hydrogens (primary N) is 1. The number of aromatic nitrogens is 4. The maximum atomic E-state index is 12.4. The van der Waals surface area contributed by atoms with Crippen molar-refractivity contribution in [3.8, 4) is 0 Å². The van der Waals surface area contributed by atoms with Crippen LogP contribution in [-0.4, -0.2) is 85.2 Å². The first kappa shape index (κ1) is 28.7. The molecule has 0 saturated carbocycles. The van der Waals surface area contributed by atoms with Crippen LogP contribution in [-0.2, 0) is 15.9 Å². The van der Waals surface area contributed by atoms with E-state index in [1.165, 1.54) is 22.8 Å². The van der Waals surface area contributed by atoms with Gasteiger partial charge < -0.3 is 31.3 Å². The first-order valence-corrected chi connectivity index (χ1v) is 13.3. The molecule has 0 unspecified atom stereocenters. The van der Waals surface area contributed by atoms with Crippen LogP contribution < -0.4 is 16.4 Å². The topological polar surface area (TPSA) is 164 Å². The Morgan fingerprint density at radius 3 is 2.64 bits per heavy atom. The third-order valence-electron chi connectivity index (χ3n) is 7.18. The molecular formula is C27H40N8O4. The van der Waals surface area contributed by atoms with Crippen LogP contribution in [0.15, 0.2) is 36.9 Å². The van der Waals surface area contributed by atoms with Crippen LogP contribution in [0.2, 0.25) is 0 Å². The molecule has 12 nitrogen and oxygen atoms in total. The summed E-state index contributed by atoms with van der Waals surface area (Å²) in [5.41, 5.74) is 6.80. The fourth-order valence-corrected chi connectivity index (χ4v) is 4.71. The quantitative estimate of drug-likeness (QED) is 0.256. The van der Waals surface area contributed by atoms with E-state index in [9.17, 15) is 15.0 Å². The van der Waals surface area contributed by atoms with Crippen molar-refractivity contribution in [1.82, 2.24) is 29.7 Å². The molecule has 1 aliphatic heterocycles. The van der Waals surface area contributed by atoms with E-state index in [2.05, 4.69) is 65.1 Å². The van der Waals surface area contributed by atoms with Crippen molar-refractivity contribution in [1.29, 1.82) is 0 Å². The lowest BCUT2D eigenvalue weighted by Crippen LogP contribution is -2.49. The molecule has 3 atom stereocenters. The normalized spacial score (nSPS) is 21.7. The maximum Gasteiger partial charge on any atom is 0.319 e. The molecule has 3 aromatic rings. The van der Waals surface area contributed by atoms with Crippen LogP contribution >= 0.6 is 0 Å². The Hall–Kier alpha value is -3.32. The number of imidazole rings is 1. The monoisotopic (exact) mass is 540 g/mol. The smallest absolute Gasteiger partial charge is 0.319 e. The number of hydrogen-bond acceptors (Lipinski definition) is 9. The number of aliphatic hydroxyl groups excluding tert-OH is 1. The Kier molecular flexibility index (Phi) is 8.40. The molecule has 1 saturated heterocycles. The van der Waals surface area contributed by atoms with Gasteiger partial charge in [0.25, 0.3) is 0 Å². The molecule has 0 bridgehead atoms. The number of benzene rings is 1. The maximum absolute atomic E-state index is 12.4. The van der Waals surface area contributed by atoms with E-state index in [-0.39, 0.29) is 29.9 Å². The minimum absolute atomic E-state index is 0.0542. The number of carbonyl (C=O) groups excluding carboxylic acids is 1. The van der Waals surface area contributed by atoms with E-state index >= 15 is 0 Å². The van der Waals surface area contributed by atoms with Gasteiger partial charge in [-0.3, -0.25) is 9.47 Å². The standard InChI is InChI=1S/C27H40N8O4/c1-17(2)34(12-6-11-29-25(37)33-19-9-7-18(8-10-19)26(3,4)5)13-20-22(36)27(38,14-39-20)35-16-32-21-23(28)30-15-31-24(21)35/h7-10,15-17,20,22,36,38H,6,11-14H2,1-5H3,(H2,28,30,31)(H2,29,33,37)/t20-,22-,27+/m1/s1. The summed E-state index contributed by atoms with van der Waals surface area (Å²) in [6.45, 7) is 12.0. The molecule has 1 aromatic carbocycles. The lowest BCUT2D eigenvalue weighted by atomic mass is 9.87. The highest BCUT2D eigenvalue weighted by Crippen LogP contribution is 2.33. The second kappa shape index (κ2) is 11.4. The Morgan fingerprint density at radius 1 is 1.26 bits per heavy atom. The number of fused-ring (bicyclic) bond motifs is 1. The summed E-state index contributed by atoms with van der Waals surface area (Å²) < 4.78 is 7.25. The summed E-state index contributed by atoms with van der Waals surface area (Å²) in [5.74, 6) is 0.194. The Labute approximate surface area is 228 Å². The second-order valence-electron chi connectivity index (χ2n) is 11.4. The number of urea groups is 1. The van der Waals surface area contributed by atoms with Gasteiger partial charge in [-0.25, -0.2) is 19.7 Å². The van der Waals surface area contributed by atoms with Crippen LogP contribution in [0.5, 0.6) is 0 Å². The van der Waals surface area contributed by atoms with Crippen molar-refractivity contribution >= 4 is 28.7 Å². The minimum atomic E-state index is -1.74. The third-order valence-corrected chi connectivity index (χ3v) is 7.18. The molecule has 39 heavy (non-hydrogen) atoms. The molecule has 0 aliphatic carbocycles. The predicted octanol–water partition coefficient (Wildman–Crippen LogP) is 2.03. The van der Waals surface area contributed by atoms with Crippen LogP contribution in [0.25, 0.3) is 11.2 Å². The van der Waals surface area contributed by atoms with Gasteiger partial charge in [-0.2, -0.15) is 0 Å².